The number of hydrogen-bond acceptors (Lipinski definition) is 3. The average molecular weight is 273 g/mol. The van der Waals surface area contributed by atoms with E-state index in [0.29, 0.717) is 25.2 Å². The number of benzene rings is 1. The third-order valence-electron chi connectivity index (χ3n) is 2.50. The van der Waals surface area contributed by atoms with Crippen molar-refractivity contribution in [2.24, 2.45) is 5.18 Å². The van der Waals surface area contributed by atoms with Gasteiger partial charge in [-0.1, -0.05) is 27.2 Å². The maximum Gasteiger partial charge on any atom is 0.128 e. The Hall–Kier alpha value is -0.810. The summed E-state index contributed by atoms with van der Waals surface area (Å²) in [7, 11) is 0. The molecule has 1 saturated heterocycles. The Kier molecular flexibility index (Phi) is 3.11. The highest BCUT2D eigenvalue weighted by Crippen LogP contribution is 2.20. The molecule has 1 aromatic rings. The van der Waals surface area contributed by atoms with Crippen molar-refractivity contribution in [2.75, 3.05) is 13.1 Å². The van der Waals surface area contributed by atoms with Gasteiger partial charge in [0.15, 0.2) is 0 Å². The molecule has 80 valence electrons. The fourth-order valence-corrected chi connectivity index (χ4v) is 1.96. The van der Waals surface area contributed by atoms with Crippen LogP contribution in [0, 0.1) is 10.7 Å². The van der Waals surface area contributed by atoms with E-state index in [1.807, 2.05) is 11.0 Å². The number of nitrogens with zero attached hydrogens (tertiary/aromatic N) is 2. The fourth-order valence-electron chi connectivity index (χ4n) is 1.63. The molecule has 0 aliphatic carbocycles. The highest BCUT2D eigenvalue weighted by atomic mass is 79.9. The van der Waals surface area contributed by atoms with Crippen LogP contribution in [0.25, 0.3) is 0 Å². The molecule has 0 bridgehead atoms. The van der Waals surface area contributed by atoms with Crippen LogP contribution in [0.15, 0.2) is 27.8 Å². The summed E-state index contributed by atoms with van der Waals surface area (Å²) in [5, 5.41) is 2.93. The van der Waals surface area contributed by atoms with Crippen molar-refractivity contribution in [3.05, 3.63) is 39.0 Å². The van der Waals surface area contributed by atoms with Crippen LogP contribution in [0.2, 0.25) is 0 Å². The molecule has 0 atom stereocenters. The summed E-state index contributed by atoms with van der Waals surface area (Å²) in [6, 6.07) is 4.91. The van der Waals surface area contributed by atoms with Crippen LogP contribution in [0.3, 0.4) is 0 Å². The SMILES string of the molecule is O=NC1CN(Cc2ccc(Br)cc2F)C1. The Morgan fingerprint density at radius 1 is 1.53 bits per heavy atom. The predicted molar refractivity (Wildman–Crippen MR) is 59.0 cm³/mol. The molecule has 2 rings (SSSR count). The molecular formula is C10H10BrFN2O. The molecule has 0 spiro atoms. The molecule has 0 radical (unpaired) electrons. The minimum absolute atomic E-state index is 0.108. The van der Waals surface area contributed by atoms with Crippen molar-refractivity contribution in [1.82, 2.24) is 4.90 Å². The van der Waals surface area contributed by atoms with Gasteiger partial charge in [0.25, 0.3) is 0 Å². The van der Waals surface area contributed by atoms with Crippen molar-refractivity contribution in [1.29, 1.82) is 0 Å². The standard InChI is InChI=1S/C10H10BrFN2O/c11-8-2-1-7(10(12)3-8)4-14-5-9(6-14)13-15/h1-3,9H,4-6H2. The van der Waals surface area contributed by atoms with E-state index in [0.717, 1.165) is 4.47 Å². The summed E-state index contributed by atoms with van der Waals surface area (Å²) < 4.78 is 14.1. The fraction of sp³-hybridized carbons (Fsp3) is 0.400. The second-order valence-corrected chi connectivity index (χ2v) is 4.60. The van der Waals surface area contributed by atoms with Gasteiger partial charge >= 0.3 is 0 Å². The lowest BCUT2D eigenvalue weighted by molar-refractivity contribution is 0.141. The lowest BCUT2D eigenvalue weighted by atomic mass is 10.1. The minimum Gasteiger partial charge on any atom is -0.294 e. The Morgan fingerprint density at radius 2 is 2.27 bits per heavy atom. The first-order valence-corrected chi connectivity index (χ1v) is 5.47. The lowest BCUT2D eigenvalue weighted by Crippen LogP contribution is -2.48. The second-order valence-electron chi connectivity index (χ2n) is 3.69. The van der Waals surface area contributed by atoms with E-state index in [1.54, 1.807) is 6.07 Å². The molecule has 1 aliphatic rings. The topological polar surface area (TPSA) is 32.7 Å². The van der Waals surface area contributed by atoms with E-state index >= 15 is 0 Å². The smallest absolute Gasteiger partial charge is 0.128 e. The average Bonchev–Trinajstić information content (AvgIpc) is 2.13. The first kappa shape index (κ1) is 10.7. The first-order valence-electron chi connectivity index (χ1n) is 4.68. The van der Waals surface area contributed by atoms with Gasteiger partial charge in [-0.3, -0.25) is 4.90 Å². The van der Waals surface area contributed by atoms with Crippen LogP contribution in [-0.4, -0.2) is 24.0 Å². The van der Waals surface area contributed by atoms with Crippen molar-refractivity contribution < 1.29 is 4.39 Å². The zero-order chi connectivity index (χ0) is 10.8. The van der Waals surface area contributed by atoms with Crippen LogP contribution in [-0.2, 0) is 6.54 Å². The van der Waals surface area contributed by atoms with E-state index in [2.05, 4.69) is 21.1 Å². The van der Waals surface area contributed by atoms with Gasteiger partial charge in [-0.05, 0) is 12.1 Å². The van der Waals surface area contributed by atoms with Gasteiger partial charge in [-0.2, -0.15) is 4.91 Å². The summed E-state index contributed by atoms with van der Waals surface area (Å²) in [4.78, 5) is 12.1. The van der Waals surface area contributed by atoms with Crippen LogP contribution in [0.1, 0.15) is 5.56 Å². The summed E-state index contributed by atoms with van der Waals surface area (Å²) in [5.41, 5.74) is 0.655. The summed E-state index contributed by atoms with van der Waals surface area (Å²) in [6.45, 7) is 1.82. The molecule has 1 heterocycles. The first-order chi connectivity index (χ1) is 7.19. The number of halogens is 2. The van der Waals surface area contributed by atoms with Crippen molar-refractivity contribution >= 4 is 15.9 Å². The summed E-state index contributed by atoms with van der Waals surface area (Å²) in [6.07, 6.45) is 0. The van der Waals surface area contributed by atoms with E-state index < -0.39 is 0 Å². The molecule has 1 aromatic carbocycles. The Balaban J connectivity index is 1.97. The van der Waals surface area contributed by atoms with E-state index in [1.165, 1.54) is 6.07 Å². The predicted octanol–water partition coefficient (Wildman–Crippen LogP) is 2.54. The molecule has 1 aliphatic heterocycles. The van der Waals surface area contributed by atoms with E-state index in [4.69, 9.17) is 0 Å². The van der Waals surface area contributed by atoms with Crippen molar-refractivity contribution in [3.63, 3.8) is 0 Å². The zero-order valence-electron chi connectivity index (χ0n) is 7.99. The monoisotopic (exact) mass is 272 g/mol. The Morgan fingerprint density at radius 3 is 2.87 bits per heavy atom. The molecule has 0 N–H and O–H groups in total. The third-order valence-corrected chi connectivity index (χ3v) is 2.99. The van der Waals surface area contributed by atoms with Gasteiger partial charge in [-0.15, -0.1) is 0 Å². The number of nitroso groups, excluding NO2 is 1. The minimum atomic E-state index is -0.216. The Bertz CT molecular complexity index is 380. The molecule has 15 heavy (non-hydrogen) atoms. The van der Waals surface area contributed by atoms with E-state index in [9.17, 15) is 9.30 Å². The number of rotatable bonds is 3. The molecule has 0 aromatic heterocycles. The van der Waals surface area contributed by atoms with Gasteiger partial charge < -0.3 is 0 Å². The highest BCUT2D eigenvalue weighted by molar-refractivity contribution is 9.10. The van der Waals surface area contributed by atoms with Crippen LogP contribution in [0.5, 0.6) is 0 Å². The van der Waals surface area contributed by atoms with Gasteiger partial charge in [0.05, 0.1) is 0 Å². The van der Waals surface area contributed by atoms with E-state index in [-0.39, 0.29) is 11.9 Å². The normalized spacial score (nSPS) is 17.5. The third kappa shape index (κ3) is 2.41. The number of hydrogen-bond donors (Lipinski definition) is 0. The van der Waals surface area contributed by atoms with Gasteiger partial charge in [0.1, 0.15) is 11.9 Å². The van der Waals surface area contributed by atoms with Gasteiger partial charge in [-0.25, -0.2) is 4.39 Å². The molecule has 0 unspecified atom stereocenters. The molecule has 5 heteroatoms. The quantitative estimate of drug-likeness (QED) is 0.793. The zero-order valence-corrected chi connectivity index (χ0v) is 9.58. The van der Waals surface area contributed by atoms with Crippen LogP contribution >= 0.6 is 15.9 Å². The van der Waals surface area contributed by atoms with Crippen LogP contribution in [0.4, 0.5) is 4.39 Å². The molecule has 0 saturated carbocycles. The lowest BCUT2D eigenvalue weighted by Gasteiger charge is -2.34. The largest absolute Gasteiger partial charge is 0.294 e. The second kappa shape index (κ2) is 4.37. The molecule has 0 amide bonds. The summed E-state index contributed by atoms with van der Waals surface area (Å²) >= 11 is 3.20. The maximum absolute atomic E-state index is 13.4. The molecule has 1 fully saturated rings. The van der Waals surface area contributed by atoms with Gasteiger partial charge in [0, 0.05) is 29.7 Å². The highest BCUT2D eigenvalue weighted by Gasteiger charge is 2.27. The summed E-state index contributed by atoms with van der Waals surface area (Å²) in [5.74, 6) is -0.216. The van der Waals surface area contributed by atoms with Crippen molar-refractivity contribution in [2.45, 2.75) is 12.6 Å². The maximum atomic E-state index is 13.4. The Labute approximate surface area is 95.4 Å². The van der Waals surface area contributed by atoms with Gasteiger partial charge in [0.2, 0.25) is 0 Å². The molecular weight excluding hydrogens is 263 g/mol. The van der Waals surface area contributed by atoms with Crippen molar-refractivity contribution in [3.8, 4) is 0 Å². The number of likely N-dealkylation sites (tertiary alicyclic amines) is 1. The van der Waals surface area contributed by atoms with Crippen LogP contribution < -0.4 is 0 Å². The molecule has 3 nitrogen and oxygen atoms in total.